The topological polar surface area (TPSA) is 46.5 Å². The number of thiophene rings is 1. The summed E-state index contributed by atoms with van der Waals surface area (Å²) in [5.41, 5.74) is 3.16. The van der Waals surface area contributed by atoms with Crippen LogP contribution in [0.25, 0.3) is 6.08 Å². The van der Waals surface area contributed by atoms with Crippen LogP contribution in [0.1, 0.15) is 45.1 Å². The van der Waals surface area contributed by atoms with Gasteiger partial charge in [-0.15, -0.1) is 11.3 Å². The van der Waals surface area contributed by atoms with Gasteiger partial charge in [0.1, 0.15) is 11.5 Å². The molecule has 0 saturated heterocycles. The van der Waals surface area contributed by atoms with Crippen molar-refractivity contribution in [2.24, 2.45) is 5.92 Å². The summed E-state index contributed by atoms with van der Waals surface area (Å²) in [6.45, 7) is 8.49. The number of phenolic OH excluding ortho intramolecular Hbond substituents is 1. The van der Waals surface area contributed by atoms with E-state index in [1.165, 1.54) is 16.5 Å². The van der Waals surface area contributed by atoms with E-state index in [-0.39, 0.29) is 11.5 Å². The predicted octanol–water partition coefficient (Wildman–Crippen LogP) is 5.17. The average Bonchev–Trinajstić information content (AvgIpc) is 2.81. The Kier molecular flexibility index (Phi) is 5.84. The number of carbonyl (C=O) groups excluding carboxylic acids is 1. The van der Waals surface area contributed by atoms with Gasteiger partial charge < -0.3 is 9.84 Å². The Balaban J connectivity index is 2.27. The number of aryl methyl sites for hydroxylation is 1. The second kappa shape index (κ2) is 7.67. The lowest BCUT2D eigenvalue weighted by atomic mass is 9.98. The lowest BCUT2D eigenvalue weighted by Gasteiger charge is -2.06. The van der Waals surface area contributed by atoms with E-state index in [2.05, 4.69) is 20.8 Å². The van der Waals surface area contributed by atoms with Gasteiger partial charge in [-0.25, -0.2) is 0 Å². The van der Waals surface area contributed by atoms with Crippen LogP contribution in [0.5, 0.6) is 11.5 Å². The Morgan fingerprint density at radius 2 is 2.04 bits per heavy atom. The number of carbonyl (C=O) groups is 1. The number of aromatic hydroxyl groups is 1. The van der Waals surface area contributed by atoms with E-state index in [9.17, 15) is 9.90 Å². The standard InChI is InChI=1S/C20H24O3S/c1-12(2)10-17-13(3)20(24-14(17)4)18(22)9-7-15-6-8-16(21)11-19(15)23-5/h6-9,11-12,21H,10H2,1-5H3. The van der Waals surface area contributed by atoms with Crippen LogP contribution in [0.4, 0.5) is 0 Å². The number of ketones is 1. The summed E-state index contributed by atoms with van der Waals surface area (Å²) in [6.07, 6.45) is 4.31. The molecule has 0 radical (unpaired) electrons. The molecule has 0 spiro atoms. The summed E-state index contributed by atoms with van der Waals surface area (Å²) < 4.78 is 5.23. The largest absolute Gasteiger partial charge is 0.508 e. The average molecular weight is 344 g/mol. The number of rotatable bonds is 6. The lowest BCUT2D eigenvalue weighted by Crippen LogP contribution is -1.98. The van der Waals surface area contributed by atoms with Crippen molar-refractivity contribution in [1.82, 2.24) is 0 Å². The van der Waals surface area contributed by atoms with Gasteiger partial charge in [-0.05, 0) is 61.6 Å². The van der Waals surface area contributed by atoms with E-state index in [0.29, 0.717) is 11.7 Å². The molecular weight excluding hydrogens is 320 g/mol. The van der Waals surface area contributed by atoms with E-state index in [4.69, 9.17) is 4.74 Å². The third kappa shape index (κ3) is 4.06. The van der Waals surface area contributed by atoms with Crippen LogP contribution >= 0.6 is 11.3 Å². The van der Waals surface area contributed by atoms with Crippen molar-refractivity contribution < 1.29 is 14.6 Å². The Morgan fingerprint density at radius 1 is 1.33 bits per heavy atom. The molecular formula is C20H24O3S. The molecule has 24 heavy (non-hydrogen) atoms. The number of phenols is 1. The van der Waals surface area contributed by atoms with E-state index < -0.39 is 0 Å². The molecule has 4 heteroatoms. The summed E-state index contributed by atoms with van der Waals surface area (Å²) in [6, 6.07) is 4.84. The molecule has 1 aromatic heterocycles. The zero-order chi connectivity index (χ0) is 17.9. The van der Waals surface area contributed by atoms with Gasteiger partial charge in [0.25, 0.3) is 0 Å². The number of benzene rings is 1. The number of methoxy groups -OCH3 is 1. The van der Waals surface area contributed by atoms with Gasteiger partial charge in [0.05, 0.1) is 12.0 Å². The second-order valence-electron chi connectivity index (χ2n) is 6.31. The molecule has 0 fully saturated rings. The Morgan fingerprint density at radius 3 is 2.67 bits per heavy atom. The van der Waals surface area contributed by atoms with Crippen LogP contribution in [-0.2, 0) is 6.42 Å². The van der Waals surface area contributed by atoms with Crippen molar-refractivity contribution in [3.05, 3.63) is 50.7 Å². The summed E-state index contributed by atoms with van der Waals surface area (Å²) in [7, 11) is 1.54. The maximum Gasteiger partial charge on any atom is 0.196 e. The van der Waals surface area contributed by atoms with Crippen LogP contribution in [0, 0.1) is 19.8 Å². The van der Waals surface area contributed by atoms with Gasteiger partial charge >= 0.3 is 0 Å². The molecule has 1 N–H and O–H groups in total. The minimum absolute atomic E-state index is 0.00531. The maximum atomic E-state index is 12.6. The zero-order valence-electron chi connectivity index (χ0n) is 14.8. The molecule has 2 aromatic rings. The molecule has 128 valence electrons. The van der Waals surface area contributed by atoms with E-state index >= 15 is 0 Å². The minimum Gasteiger partial charge on any atom is -0.508 e. The number of allylic oxidation sites excluding steroid dienone is 1. The third-order valence-electron chi connectivity index (χ3n) is 3.94. The maximum absolute atomic E-state index is 12.6. The first kappa shape index (κ1) is 18.3. The summed E-state index contributed by atoms with van der Waals surface area (Å²) in [4.78, 5) is 14.6. The lowest BCUT2D eigenvalue weighted by molar-refractivity contribution is 0.105. The molecule has 1 heterocycles. The number of hydrogen-bond acceptors (Lipinski definition) is 4. The predicted molar refractivity (Wildman–Crippen MR) is 100 cm³/mol. The van der Waals surface area contributed by atoms with E-state index in [1.54, 1.807) is 42.7 Å². The Hall–Kier alpha value is -2.07. The monoisotopic (exact) mass is 344 g/mol. The van der Waals surface area contributed by atoms with Crippen molar-refractivity contribution in [2.45, 2.75) is 34.1 Å². The molecule has 0 atom stereocenters. The minimum atomic E-state index is 0.00531. The molecule has 0 amide bonds. The highest BCUT2D eigenvalue weighted by Gasteiger charge is 2.17. The summed E-state index contributed by atoms with van der Waals surface area (Å²) in [5, 5.41) is 9.50. The molecule has 0 unspecified atom stereocenters. The van der Waals surface area contributed by atoms with Gasteiger partial charge in [-0.2, -0.15) is 0 Å². The van der Waals surface area contributed by atoms with Crippen molar-refractivity contribution in [1.29, 1.82) is 0 Å². The van der Waals surface area contributed by atoms with Crippen molar-refractivity contribution in [3.63, 3.8) is 0 Å². The fourth-order valence-corrected chi connectivity index (χ4v) is 3.82. The number of ether oxygens (including phenoxy) is 1. The Labute approximate surface area is 147 Å². The van der Waals surface area contributed by atoms with Crippen LogP contribution in [0.15, 0.2) is 24.3 Å². The van der Waals surface area contributed by atoms with Gasteiger partial charge in [0, 0.05) is 16.5 Å². The molecule has 0 aliphatic carbocycles. The van der Waals surface area contributed by atoms with Crippen LogP contribution in [0.3, 0.4) is 0 Å². The van der Waals surface area contributed by atoms with Crippen LogP contribution in [-0.4, -0.2) is 18.0 Å². The molecule has 0 aliphatic rings. The fourth-order valence-electron chi connectivity index (χ4n) is 2.71. The van der Waals surface area contributed by atoms with Crippen LogP contribution in [0.2, 0.25) is 0 Å². The quantitative estimate of drug-likeness (QED) is 0.580. The van der Waals surface area contributed by atoms with Crippen molar-refractivity contribution in [3.8, 4) is 11.5 Å². The zero-order valence-corrected chi connectivity index (χ0v) is 15.7. The molecule has 3 nitrogen and oxygen atoms in total. The van der Waals surface area contributed by atoms with Crippen LogP contribution < -0.4 is 4.74 Å². The Bertz CT molecular complexity index is 769. The second-order valence-corrected chi connectivity index (χ2v) is 7.54. The molecule has 0 saturated carbocycles. The van der Waals surface area contributed by atoms with Gasteiger partial charge in [-0.1, -0.05) is 13.8 Å². The molecule has 0 aliphatic heterocycles. The highest BCUT2D eigenvalue weighted by atomic mass is 32.1. The molecule has 0 bridgehead atoms. The van der Waals surface area contributed by atoms with E-state index in [0.717, 1.165) is 22.4 Å². The third-order valence-corrected chi connectivity index (χ3v) is 5.20. The first-order valence-corrected chi connectivity index (χ1v) is 8.83. The van der Waals surface area contributed by atoms with Gasteiger partial charge in [-0.3, -0.25) is 4.79 Å². The van der Waals surface area contributed by atoms with E-state index in [1.807, 2.05) is 6.92 Å². The normalized spacial score (nSPS) is 11.4. The van der Waals surface area contributed by atoms with Gasteiger partial charge in [0.2, 0.25) is 0 Å². The number of hydrogen-bond donors (Lipinski definition) is 1. The summed E-state index contributed by atoms with van der Waals surface area (Å²) >= 11 is 1.57. The first-order chi connectivity index (χ1) is 11.3. The summed E-state index contributed by atoms with van der Waals surface area (Å²) in [5.74, 6) is 1.25. The highest BCUT2D eigenvalue weighted by Crippen LogP contribution is 2.31. The first-order valence-electron chi connectivity index (χ1n) is 8.01. The fraction of sp³-hybridized carbons (Fsp3) is 0.350. The SMILES string of the molecule is COc1cc(O)ccc1C=CC(=O)c1sc(C)c(CC(C)C)c1C. The van der Waals surface area contributed by atoms with Crippen molar-refractivity contribution >= 4 is 23.2 Å². The highest BCUT2D eigenvalue weighted by molar-refractivity contribution is 7.14. The van der Waals surface area contributed by atoms with Gasteiger partial charge in [0.15, 0.2) is 5.78 Å². The molecule has 2 rings (SSSR count). The smallest absolute Gasteiger partial charge is 0.196 e. The molecule has 1 aromatic carbocycles. The van der Waals surface area contributed by atoms with Crippen molar-refractivity contribution in [2.75, 3.05) is 7.11 Å².